The van der Waals surface area contributed by atoms with Crippen LogP contribution in [0.25, 0.3) is 0 Å². The normalized spacial score (nSPS) is 10.6. The van der Waals surface area contributed by atoms with Crippen LogP contribution in [-0.2, 0) is 18.8 Å². The van der Waals surface area contributed by atoms with Crippen molar-refractivity contribution in [1.82, 2.24) is 20.4 Å². The van der Waals surface area contributed by atoms with Gasteiger partial charge in [0, 0.05) is 36.4 Å². The number of carbonyl (C=O) groups is 1. The molecule has 0 spiro atoms. The molecule has 2 N–H and O–H groups in total. The van der Waals surface area contributed by atoms with Crippen molar-refractivity contribution >= 4 is 17.8 Å². The van der Waals surface area contributed by atoms with E-state index in [1.54, 1.807) is 6.20 Å². The topological polar surface area (TPSA) is 59.0 Å². The van der Waals surface area contributed by atoms with E-state index in [9.17, 15) is 4.79 Å². The molecule has 0 saturated carbocycles. The van der Waals surface area contributed by atoms with Gasteiger partial charge in [0.15, 0.2) is 0 Å². The number of amides is 2. The third-order valence-corrected chi connectivity index (χ3v) is 5.28. The van der Waals surface area contributed by atoms with Crippen molar-refractivity contribution in [3.05, 3.63) is 89.2 Å². The van der Waals surface area contributed by atoms with E-state index in [2.05, 4.69) is 59.1 Å². The van der Waals surface area contributed by atoms with E-state index < -0.39 is 0 Å². The highest BCUT2D eigenvalue weighted by Gasteiger charge is 2.03. The molecule has 0 unspecified atom stereocenters. The molecular weight excluding hydrogens is 368 g/mol. The molecule has 146 valence electrons. The van der Waals surface area contributed by atoms with Crippen LogP contribution in [-0.4, -0.2) is 28.1 Å². The summed E-state index contributed by atoms with van der Waals surface area (Å²) in [6.45, 7) is 3.94. The van der Waals surface area contributed by atoms with Gasteiger partial charge in [-0.3, -0.25) is 4.68 Å². The lowest BCUT2D eigenvalue weighted by Gasteiger charge is -2.07. The predicted octanol–water partition coefficient (Wildman–Crippen LogP) is 3.97. The van der Waals surface area contributed by atoms with Crippen LogP contribution in [0, 0.1) is 6.92 Å². The van der Waals surface area contributed by atoms with Gasteiger partial charge in [-0.05, 0) is 18.1 Å². The van der Waals surface area contributed by atoms with Gasteiger partial charge in [-0.2, -0.15) is 16.9 Å². The van der Waals surface area contributed by atoms with E-state index in [0.29, 0.717) is 13.1 Å². The zero-order valence-corrected chi connectivity index (χ0v) is 16.9. The molecule has 2 amide bonds. The van der Waals surface area contributed by atoms with Crippen LogP contribution in [0.15, 0.2) is 67.0 Å². The van der Waals surface area contributed by atoms with Crippen molar-refractivity contribution in [1.29, 1.82) is 0 Å². The number of nitrogens with zero attached hydrogens (tertiary/aromatic N) is 2. The van der Waals surface area contributed by atoms with Gasteiger partial charge in [-0.15, -0.1) is 0 Å². The highest BCUT2D eigenvalue weighted by atomic mass is 32.2. The maximum atomic E-state index is 11.9. The molecule has 0 aliphatic heterocycles. The van der Waals surface area contributed by atoms with Crippen LogP contribution in [0.4, 0.5) is 4.79 Å². The number of aryl methyl sites for hydroxylation is 1. The molecule has 3 rings (SSSR count). The average molecular weight is 395 g/mol. The molecule has 0 bridgehead atoms. The lowest BCUT2D eigenvalue weighted by Crippen LogP contribution is -2.36. The fourth-order valence-corrected chi connectivity index (χ4v) is 3.53. The first kappa shape index (κ1) is 20.0. The van der Waals surface area contributed by atoms with E-state index in [-0.39, 0.29) is 6.03 Å². The molecule has 0 saturated heterocycles. The van der Waals surface area contributed by atoms with Gasteiger partial charge in [-0.1, -0.05) is 60.2 Å². The van der Waals surface area contributed by atoms with Crippen molar-refractivity contribution < 1.29 is 4.79 Å². The Balaban J connectivity index is 1.29. The molecular formula is C22H26N4OS. The van der Waals surface area contributed by atoms with Crippen molar-refractivity contribution in [3.8, 4) is 0 Å². The molecule has 0 radical (unpaired) electrons. The Labute approximate surface area is 170 Å². The second-order valence-corrected chi connectivity index (χ2v) is 7.78. The SMILES string of the molecule is Cc1ccc(CSCCNC(=O)NCc2cnn(Cc3ccccc3)c2)cc1. The molecule has 0 aliphatic carbocycles. The van der Waals surface area contributed by atoms with Crippen LogP contribution < -0.4 is 10.6 Å². The summed E-state index contributed by atoms with van der Waals surface area (Å²) in [6, 6.07) is 18.6. The molecule has 1 heterocycles. The summed E-state index contributed by atoms with van der Waals surface area (Å²) in [4.78, 5) is 11.9. The largest absolute Gasteiger partial charge is 0.337 e. The van der Waals surface area contributed by atoms with Gasteiger partial charge < -0.3 is 10.6 Å². The lowest BCUT2D eigenvalue weighted by atomic mass is 10.2. The summed E-state index contributed by atoms with van der Waals surface area (Å²) in [5.41, 5.74) is 4.77. The first-order chi connectivity index (χ1) is 13.7. The first-order valence-corrected chi connectivity index (χ1v) is 10.5. The Morgan fingerprint density at radius 1 is 1.00 bits per heavy atom. The van der Waals surface area contributed by atoms with E-state index >= 15 is 0 Å². The Morgan fingerprint density at radius 3 is 2.57 bits per heavy atom. The number of benzene rings is 2. The molecule has 2 aromatic carbocycles. The van der Waals surface area contributed by atoms with Gasteiger partial charge >= 0.3 is 6.03 Å². The summed E-state index contributed by atoms with van der Waals surface area (Å²) in [6.07, 6.45) is 3.76. The summed E-state index contributed by atoms with van der Waals surface area (Å²) < 4.78 is 1.88. The second-order valence-electron chi connectivity index (χ2n) is 6.68. The predicted molar refractivity (Wildman–Crippen MR) is 115 cm³/mol. The average Bonchev–Trinajstić information content (AvgIpc) is 3.16. The zero-order valence-electron chi connectivity index (χ0n) is 16.1. The number of rotatable bonds is 9. The van der Waals surface area contributed by atoms with Crippen LogP contribution in [0.2, 0.25) is 0 Å². The fraction of sp³-hybridized carbons (Fsp3) is 0.273. The fourth-order valence-electron chi connectivity index (χ4n) is 2.71. The standard InChI is InChI=1S/C22H26N4OS/c1-18-7-9-20(10-8-18)17-28-12-11-23-22(27)24-13-21-14-25-26(16-21)15-19-5-3-2-4-6-19/h2-10,14,16H,11-13,15,17H2,1H3,(H2,23,24,27). The van der Waals surface area contributed by atoms with Crippen LogP contribution in [0.1, 0.15) is 22.3 Å². The first-order valence-electron chi connectivity index (χ1n) is 9.39. The van der Waals surface area contributed by atoms with Gasteiger partial charge in [0.25, 0.3) is 0 Å². The van der Waals surface area contributed by atoms with E-state index in [4.69, 9.17) is 0 Å². The number of thioether (sulfide) groups is 1. The van der Waals surface area contributed by atoms with Crippen LogP contribution in [0.3, 0.4) is 0 Å². The van der Waals surface area contributed by atoms with Gasteiger partial charge in [-0.25, -0.2) is 4.79 Å². The minimum absolute atomic E-state index is 0.147. The highest BCUT2D eigenvalue weighted by Crippen LogP contribution is 2.12. The van der Waals surface area contributed by atoms with Crippen molar-refractivity contribution in [3.63, 3.8) is 0 Å². The number of hydrogen-bond acceptors (Lipinski definition) is 3. The zero-order chi connectivity index (χ0) is 19.6. The van der Waals surface area contributed by atoms with E-state index in [0.717, 1.165) is 23.6 Å². The number of aromatic nitrogens is 2. The summed E-state index contributed by atoms with van der Waals surface area (Å²) in [5.74, 6) is 1.85. The Hall–Kier alpha value is -2.73. The van der Waals surface area contributed by atoms with Crippen molar-refractivity contribution in [2.24, 2.45) is 0 Å². The Kier molecular flexibility index (Phi) is 7.55. The monoisotopic (exact) mass is 394 g/mol. The molecule has 0 atom stereocenters. The molecule has 1 aromatic heterocycles. The molecule has 3 aromatic rings. The van der Waals surface area contributed by atoms with Crippen LogP contribution >= 0.6 is 11.8 Å². The summed E-state index contributed by atoms with van der Waals surface area (Å²) in [5, 5.41) is 10.1. The molecule has 5 nitrogen and oxygen atoms in total. The minimum atomic E-state index is -0.147. The van der Waals surface area contributed by atoms with Crippen molar-refractivity contribution in [2.75, 3.05) is 12.3 Å². The molecule has 0 aliphatic rings. The summed E-state index contributed by atoms with van der Waals surface area (Å²) >= 11 is 1.82. The molecule has 6 heteroatoms. The smallest absolute Gasteiger partial charge is 0.315 e. The number of nitrogens with one attached hydrogen (secondary N) is 2. The Morgan fingerprint density at radius 2 is 1.79 bits per heavy atom. The van der Waals surface area contributed by atoms with Gasteiger partial charge in [0.05, 0.1) is 12.7 Å². The maximum Gasteiger partial charge on any atom is 0.315 e. The molecule has 0 fully saturated rings. The number of hydrogen-bond donors (Lipinski definition) is 2. The van der Waals surface area contributed by atoms with E-state index in [1.807, 2.05) is 40.8 Å². The third-order valence-electron chi connectivity index (χ3n) is 4.25. The quantitative estimate of drug-likeness (QED) is 0.540. The molecule has 28 heavy (non-hydrogen) atoms. The number of urea groups is 1. The minimum Gasteiger partial charge on any atom is -0.337 e. The van der Waals surface area contributed by atoms with E-state index in [1.165, 1.54) is 16.7 Å². The van der Waals surface area contributed by atoms with Crippen LogP contribution in [0.5, 0.6) is 0 Å². The number of carbonyl (C=O) groups excluding carboxylic acids is 1. The third kappa shape index (κ3) is 6.78. The van der Waals surface area contributed by atoms with Gasteiger partial charge in [0.1, 0.15) is 0 Å². The van der Waals surface area contributed by atoms with Crippen molar-refractivity contribution in [2.45, 2.75) is 25.8 Å². The summed E-state index contributed by atoms with van der Waals surface area (Å²) in [7, 11) is 0. The van der Waals surface area contributed by atoms with Gasteiger partial charge in [0.2, 0.25) is 0 Å². The lowest BCUT2D eigenvalue weighted by molar-refractivity contribution is 0.241. The Bertz CT molecular complexity index is 862. The highest BCUT2D eigenvalue weighted by molar-refractivity contribution is 7.98. The second kappa shape index (κ2) is 10.6. The maximum absolute atomic E-state index is 11.9.